The summed E-state index contributed by atoms with van der Waals surface area (Å²) in [6, 6.07) is 4.76. The van der Waals surface area contributed by atoms with E-state index < -0.39 is 23.5 Å². The molecule has 0 heterocycles. The van der Waals surface area contributed by atoms with E-state index >= 15 is 0 Å². The molecule has 1 amide bonds. The topological polar surface area (TPSA) is 101 Å². The molecule has 1 aromatic rings. The van der Waals surface area contributed by atoms with Crippen molar-refractivity contribution in [1.29, 1.82) is 0 Å². The summed E-state index contributed by atoms with van der Waals surface area (Å²) in [6.07, 6.45) is 0.610. The molecule has 0 fully saturated rings. The quantitative estimate of drug-likeness (QED) is 0.634. The highest BCUT2D eigenvalue weighted by Gasteiger charge is 2.35. The van der Waals surface area contributed by atoms with Crippen LogP contribution in [0.25, 0.3) is 0 Å². The monoisotopic (exact) mass is 275 g/mol. The first-order chi connectivity index (χ1) is 9.40. The minimum Gasteiger partial charge on any atom is -0.475 e. The third-order valence-electron chi connectivity index (χ3n) is 3.24. The molecule has 1 unspecified atom stereocenters. The Bertz CT molecular complexity index is 620. The average Bonchev–Trinajstić information content (AvgIpc) is 2.37. The number of rotatable bonds is 3. The van der Waals surface area contributed by atoms with Crippen LogP contribution in [-0.2, 0) is 20.8 Å². The Morgan fingerprint density at radius 2 is 2.00 bits per heavy atom. The van der Waals surface area contributed by atoms with E-state index in [2.05, 4.69) is 5.32 Å². The van der Waals surface area contributed by atoms with Gasteiger partial charge in [-0.05, 0) is 36.6 Å². The lowest BCUT2D eigenvalue weighted by Crippen LogP contribution is -2.33. The van der Waals surface area contributed by atoms with E-state index in [-0.39, 0.29) is 12.3 Å². The van der Waals surface area contributed by atoms with Gasteiger partial charge in [-0.25, -0.2) is 4.79 Å². The lowest BCUT2D eigenvalue weighted by molar-refractivity contribution is -0.150. The molecule has 1 atom stereocenters. The van der Waals surface area contributed by atoms with Gasteiger partial charge in [0.15, 0.2) is 5.78 Å². The number of ketones is 2. The first kappa shape index (κ1) is 13.9. The summed E-state index contributed by atoms with van der Waals surface area (Å²) in [6.45, 7) is 1.38. The van der Waals surface area contributed by atoms with Crippen LogP contribution in [0, 0.1) is 5.92 Å². The molecule has 2 rings (SSSR count). The number of fused-ring (bicyclic) bond motifs is 1. The third-order valence-corrected chi connectivity index (χ3v) is 3.24. The number of aliphatic carboxylic acids is 1. The molecule has 2 N–H and O–H groups in total. The van der Waals surface area contributed by atoms with Gasteiger partial charge < -0.3 is 10.4 Å². The maximum absolute atomic E-state index is 12.1. The normalized spacial score (nSPS) is 17.2. The number of benzene rings is 1. The molecule has 0 radical (unpaired) electrons. The zero-order valence-corrected chi connectivity index (χ0v) is 10.8. The van der Waals surface area contributed by atoms with E-state index in [0.717, 1.165) is 5.56 Å². The summed E-state index contributed by atoms with van der Waals surface area (Å²) in [4.78, 5) is 45.2. The molecule has 0 bridgehead atoms. The summed E-state index contributed by atoms with van der Waals surface area (Å²) < 4.78 is 0. The Morgan fingerprint density at radius 1 is 1.30 bits per heavy atom. The Hall–Kier alpha value is -2.50. The van der Waals surface area contributed by atoms with E-state index in [4.69, 9.17) is 5.11 Å². The maximum atomic E-state index is 12.1. The molecule has 0 saturated carbocycles. The van der Waals surface area contributed by atoms with E-state index in [1.165, 1.54) is 13.0 Å². The molecule has 6 heteroatoms. The standard InChI is InChI=1S/C14H13NO5/c1-7(16)15-9-3-5-10-8(6-9)2-4-11(12(10)17)13(18)14(19)20/h3,5-6,11H,2,4H2,1H3,(H,15,16)(H,19,20). The second-order valence-corrected chi connectivity index (χ2v) is 4.68. The molecule has 0 spiro atoms. The summed E-state index contributed by atoms with van der Waals surface area (Å²) in [5, 5.41) is 11.3. The zero-order valence-electron chi connectivity index (χ0n) is 10.8. The van der Waals surface area contributed by atoms with Crippen LogP contribution in [-0.4, -0.2) is 28.5 Å². The lowest BCUT2D eigenvalue weighted by Gasteiger charge is -2.21. The highest BCUT2D eigenvalue weighted by Crippen LogP contribution is 2.28. The van der Waals surface area contributed by atoms with Crippen LogP contribution in [0.1, 0.15) is 29.3 Å². The average molecular weight is 275 g/mol. The number of carboxylic acids is 1. The second-order valence-electron chi connectivity index (χ2n) is 4.68. The Balaban J connectivity index is 2.30. The summed E-state index contributed by atoms with van der Waals surface area (Å²) >= 11 is 0. The maximum Gasteiger partial charge on any atom is 0.372 e. The van der Waals surface area contributed by atoms with Gasteiger partial charge in [0.2, 0.25) is 5.91 Å². The molecule has 1 aliphatic carbocycles. The van der Waals surface area contributed by atoms with Crippen LogP contribution >= 0.6 is 0 Å². The van der Waals surface area contributed by atoms with Crippen molar-refractivity contribution < 1.29 is 24.3 Å². The molecular formula is C14H13NO5. The van der Waals surface area contributed by atoms with Crippen molar-refractivity contribution in [2.24, 2.45) is 5.92 Å². The van der Waals surface area contributed by atoms with Gasteiger partial charge in [0, 0.05) is 18.2 Å². The molecule has 0 saturated heterocycles. The predicted octanol–water partition coefficient (Wildman–Crippen LogP) is 1.04. The summed E-state index contributed by atoms with van der Waals surface area (Å²) in [5.74, 6) is -4.43. The van der Waals surface area contributed by atoms with Crippen molar-refractivity contribution in [3.05, 3.63) is 29.3 Å². The van der Waals surface area contributed by atoms with Crippen molar-refractivity contribution in [2.75, 3.05) is 5.32 Å². The summed E-state index contributed by atoms with van der Waals surface area (Å²) in [5.41, 5.74) is 1.65. The molecular weight excluding hydrogens is 262 g/mol. The van der Waals surface area contributed by atoms with Crippen LogP contribution in [0.15, 0.2) is 18.2 Å². The number of hydrogen-bond acceptors (Lipinski definition) is 4. The minimum absolute atomic E-state index is 0.181. The predicted molar refractivity (Wildman–Crippen MR) is 69.5 cm³/mol. The van der Waals surface area contributed by atoms with Gasteiger partial charge in [0.25, 0.3) is 5.78 Å². The largest absolute Gasteiger partial charge is 0.475 e. The van der Waals surface area contributed by atoms with Crippen molar-refractivity contribution in [1.82, 2.24) is 0 Å². The van der Waals surface area contributed by atoms with E-state index in [1.54, 1.807) is 12.1 Å². The Kier molecular flexibility index (Phi) is 3.65. The fraction of sp³-hybridized carbons (Fsp3) is 0.286. The number of carboxylic acid groups (broad SMARTS) is 1. The molecule has 104 valence electrons. The lowest BCUT2D eigenvalue weighted by atomic mass is 9.80. The molecule has 0 aromatic heterocycles. The van der Waals surface area contributed by atoms with E-state index in [0.29, 0.717) is 17.7 Å². The molecule has 6 nitrogen and oxygen atoms in total. The van der Waals surface area contributed by atoms with Crippen molar-refractivity contribution >= 4 is 29.1 Å². The van der Waals surface area contributed by atoms with Gasteiger partial charge in [0.1, 0.15) is 0 Å². The molecule has 20 heavy (non-hydrogen) atoms. The van der Waals surface area contributed by atoms with Crippen molar-refractivity contribution in [3.8, 4) is 0 Å². The van der Waals surface area contributed by atoms with Crippen LogP contribution in [0.3, 0.4) is 0 Å². The van der Waals surface area contributed by atoms with Gasteiger partial charge in [-0.1, -0.05) is 0 Å². The van der Waals surface area contributed by atoms with Crippen LogP contribution in [0.2, 0.25) is 0 Å². The SMILES string of the molecule is CC(=O)Nc1ccc2c(c1)CCC(C(=O)C(=O)O)C2=O. The molecule has 1 aromatic carbocycles. The molecule has 1 aliphatic rings. The minimum atomic E-state index is -1.58. The number of amides is 1. The zero-order chi connectivity index (χ0) is 14.9. The van der Waals surface area contributed by atoms with Gasteiger partial charge in [-0.3, -0.25) is 14.4 Å². The van der Waals surface area contributed by atoms with E-state index in [1.807, 2.05) is 0 Å². The second kappa shape index (κ2) is 5.24. The smallest absolute Gasteiger partial charge is 0.372 e. The highest BCUT2D eigenvalue weighted by molar-refractivity contribution is 6.39. The fourth-order valence-corrected chi connectivity index (χ4v) is 2.34. The van der Waals surface area contributed by atoms with Gasteiger partial charge >= 0.3 is 5.97 Å². The van der Waals surface area contributed by atoms with Crippen molar-refractivity contribution in [3.63, 3.8) is 0 Å². The van der Waals surface area contributed by atoms with Crippen LogP contribution in [0.4, 0.5) is 5.69 Å². The summed E-state index contributed by atoms with van der Waals surface area (Å²) in [7, 11) is 0. The highest BCUT2D eigenvalue weighted by atomic mass is 16.4. The molecule has 0 aliphatic heterocycles. The number of anilines is 1. The third kappa shape index (κ3) is 2.59. The van der Waals surface area contributed by atoms with Gasteiger partial charge in [0.05, 0.1) is 5.92 Å². The number of carbonyl (C=O) groups is 4. The fourth-order valence-electron chi connectivity index (χ4n) is 2.34. The van der Waals surface area contributed by atoms with Crippen LogP contribution in [0.5, 0.6) is 0 Å². The van der Waals surface area contributed by atoms with E-state index in [9.17, 15) is 19.2 Å². The van der Waals surface area contributed by atoms with Crippen molar-refractivity contribution in [2.45, 2.75) is 19.8 Å². The number of aryl methyl sites for hydroxylation is 1. The van der Waals surface area contributed by atoms with Crippen LogP contribution < -0.4 is 5.32 Å². The first-order valence-corrected chi connectivity index (χ1v) is 6.12. The Labute approximate surface area is 114 Å². The Morgan fingerprint density at radius 3 is 2.60 bits per heavy atom. The number of hydrogen-bond donors (Lipinski definition) is 2. The van der Waals surface area contributed by atoms with Gasteiger partial charge in [-0.2, -0.15) is 0 Å². The first-order valence-electron chi connectivity index (χ1n) is 6.12. The number of nitrogens with one attached hydrogen (secondary N) is 1. The van der Waals surface area contributed by atoms with Gasteiger partial charge in [-0.15, -0.1) is 0 Å². The number of Topliss-reactive ketones (excluding diaryl/α,β-unsaturated/α-hetero) is 2. The number of carbonyl (C=O) groups excluding carboxylic acids is 3.